The van der Waals surface area contributed by atoms with Crippen LogP contribution in [0.25, 0.3) is 0 Å². The van der Waals surface area contributed by atoms with Gasteiger partial charge in [-0.3, -0.25) is 0 Å². The Balaban J connectivity index is 1.72. The summed E-state index contributed by atoms with van der Waals surface area (Å²) in [5.74, 6) is 0.977. The topological polar surface area (TPSA) is 56.7 Å². The number of nitrogens with zero attached hydrogens (tertiary/aromatic N) is 3. The van der Waals surface area contributed by atoms with Crippen LogP contribution in [0, 0.1) is 6.92 Å². The van der Waals surface area contributed by atoms with Gasteiger partial charge in [-0.2, -0.15) is 4.98 Å². The number of ether oxygens (including phenoxy) is 3. The van der Waals surface area contributed by atoms with Crippen LogP contribution >= 0.6 is 0 Å². The smallest absolute Gasteiger partial charge is 0.228 e. The molecule has 3 heterocycles. The summed E-state index contributed by atoms with van der Waals surface area (Å²) in [6.45, 7) is 5.03. The maximum Gasteiger partial charge on any atom is 0.228 e. The van der Waals surface area contributed by atoms with Gasteiger partial charge in [-0.1, -0.05) is 0 Å². The van der Waals surface area contributed by atoms with Gasteiger partial charge in [0.15, 0.2) is 5.79 Å². The van der Waals surface area contributed by atoms with E-state index >= 15 is 0 Å². The molecule has 19 heavy (non-hydrogen) atoms. The Morgan fingerprint density at radius 1 is 1.21 bits per heavy atom. The van der Waals surface area contributed by atoms with Gasteiger partial charge < -0.3 is 19.1 Å². The van der Waals surface area contributed by atoms with Gasteiger partial charge in [0.25, 0.3) is 0 Å². The SMILES string of the molecule is COc1cc(C)nc(N2CCC3(CC2)OCCO3)n1. The van der Waals surface area contributed by atoms with E-state index in [2.05, 4.69) is 14.9 Å². The van der Waals surface area contributed by atoms with Gasteiger partial charge in [-0.25, -0.2) is 4.98 Å². The minimum Gasteiger partial charge on any atom is -0.481 e. The van der Waals surface area contributed by atoms with E-state index in [1.54, 1.807) is 7.11 Å². The molecular formula is C13H19N3O3. The number of aromatic nitrogens is 2. The lowest BCUT2D eigenvalue weighted by molar-refractivity contribution is -0.169. The average molecular weight is 265 g/mol. The maximum absolute atomic E-state index is 5.72. The summed E-state index contributed by atoms with van der Waals surface area (Å²) in [4.78, 5) is 11.0. The summed E-state index contributed by atoms with van der Waals surface area (Å²) in [6, 6.07) is 1.83. The Hall–Kier alpha value is -1.40. The molecule has 3 rings (SSSR count). The van der Waals surface area contributed by atoms with E-state index in [-0.39, 0.29) is 5.79 Å². The highest BCUT2D eigenvalue weighted by Gasteiger charge is 2.40. The quantitative estimate of drug-likeness (QED) is 0.799. The van der Waals surface area contributed by atoms with E-state index in [0.717, 1.165) is 37.6 Å². The molecule has 0 radical (unpaired) electrons. The number of rotatable bonds is 2. The summed E-state index contributed by atoms with van der Waals surface area (Å²) in [5, 5.41) is 0. The summed E-state index contributed by atoms with van der Waals surface area (Å²) in [5.41, 5.74) is 0.913. The van der Waals surface area contributed by atoms with E-state index < -0.39 is 0 Å². The third-order valence-corrected chi connectivity index (χ3v) is 3.65. The number of anilines is 1. The van der Waals surface area contributed by atoms with Crippen LogP contribution in [0.1, 0.15) is 18.5 Å². The number of piperidine rings is 1. The number of aryl methyl sites for hydroxylation is 1. The van der Waals surface area contributed by atoms with Crippen LogP contribution in [-0.2, 0) is 9.47 Å². The van der Waals surface area contributed by atoms with E-state index in [1.165, 1.54) is 0 Å². The molecule has 1 spiro atoms. The third kappa shape index (κ3) is 2.50. The van der Waals surface area contributed by atoms with Gasteiger partial charge >= 0.3 is 0 Å². The van der Waals surface area contributed by atoms with E-state index in [1.807, 2.05) is 13.0 Å². The Morgan fingerprint density at radius 3 is 2.53 bits per heavy atom. The molecule has 104 valence electrons. The number of hydrogen-bond acceptors (Lipinski definition) is 6. The van der Waals surface area contributed by atoms with Crippen molar-refractivity contribution in [1.29, 1.82) is 0 Å². The molecule has 1 aromatic rings. The highest BCUT2D eigenvalue weighted by atomic mass is 16.7. The standard InChI is InChI=1S/C13H19N3O3/c1-10-9-11(17-2)15-12(14-10)16-5-3-13(4-6-16)18-7-8-19-13/h9H,3-8H2,1-2H3. The summed E-state index contributed by atoms with van der Waals surface area (Å²) >= 11 is 0. The zero-order valence-electron chi connectivity index (χ0n) is 11.4. The Kier molecular flexibility index (Phi) is 3.28. The van der Waals surface area contributed by atoms with Crippen molar-refractivity contribution in [3.05, 3.63) is 11.8 Å². The molecule has 0 amide bonds. The second-order valence-electron chi connectivity index (χ2n) is 4.95. The fraction of sp³-hybridized carbons (Fsp3) is 0.692. The molecular weight excluding hydrogens is 246 g/mol. The monoisotopic (exact) mass is 265 g/mol. The minimum atomic E-state index is -0.357. The zero-order valence-corrected chi connectivity index (χ0v) is 11.4. The van der Waals surface area contributed by atoms with E-state index in [9.17, 15) is 0 Å². The van der Waals surface area contributed by atoms with Crippen LogP contribution in [-0.4, -0.2) is 49.2 Å². The van der Waals surface area contributed by atoms with Crippen LogP contribution < -0.4 is 9.64 Å². The van der Waals surface area contributed by atoms with Crippen LogP contribution in [0.5, 0.6) is 5.88 Å². The van der Waals surface area contributed by atoms with Crippen molar-refractivity contribution in [1.82, 2.24) is 9.97 Å². The van der Waals surface area contributed by atoms with Gasteiger partial charge in [0.05, 0.1) is 20.3 Å². The maximum atomic E-state index is 5.72. The van der Waals surface area contributed by atoms with E-state index in [0.29, 0.717) is 19.1 Å². The fourth-order valence-electron chi connectivity index (χ4n) is 2.60. The molecule has 2 fully saturated rings. The third-order valence-electron chi connectivity index (χ3n) is 3.65. The predicted octanol–water partition coefficient (Wildman–Crippen LogP) is 1.14. The molecule has 6 heteroatoms. The molecule has 2 aliphatic heterocycles. The molecule has 6 nitrogen and oxygen atoms in total. The van der Waals surface area contributed by atoms with Gasteiger partial charge in [0, 0.05) is 37.7 Å². The summed E-state index contributed by atoms with van der Waals surface area (Å²) < 4.78 is 16.6. The van der Waals surface area contributed by atoms with Gasteiger partial charge in [0.2, 0.25) is 11.8 Å². The molecule has 1 aromatic heterocycles. The molecule has 0 N–H and O–H groups in total. The fourth-order valence-corrected chi connectivity index (χ4v) is 2.60. The van der Waals surface area contributed by atoms with Gasteiger partial charge in [0.1, 0.15) is 0 Å². The number of methoxy groups -OCH3 is 1. The number of hydrogen-bond donors (Lipinski definition) is 0. The highest BCUT2D eigenvalue weighted by Crippen LogP contribution is 2.32. The van der Waals surface area contributed by atoms with E-state index in [4.69, 9.17) is 14.2 Å². The second-order valence-corrected chi connectivity index (χ2v) is 4.95. The minimum absolute atomic E-state index is 0.357. The molecule has 2 aliphatic rings. The zero-order chi connectivity index (χ0) is 13.3. The molecule has 2 saturated heterocycles. The van der Waals surface area contributed by atoms with Crippen LogP contribution in [0.2, 0.25) is 0 Å². The Bertz CT molecular complexity index is 450. The van der Waals surface area contributed by atoms with Crippen LogP contribution in [0.15, 0.2) is 6.07 Å². The molecule has 0 aliphatic carbocycles. The van der Waals surface area contributed by atoms with Crippen molar-refractivity contribution < 1.29 is 14.2 Å². The largest absolute Gasteiger partial charge is 0.481 e. The lowest BCUT2D eigenvalue weighted by Gasteiger charge is -2.37. The molecule has 0 bridgehead atoms. The first kappa shape index (κ1) is 12.6. The predicted molar refractivity (Wildman–Crippen MR) is 69.4 cm³/mol. The summed E-state index contributed by atoms with van der Waals surface area (Å²) in [7, 11) is 1.62. The Labute approximate surface area is 112 Å². The molecule has 0 aromatic carbocycles. The van der Waals surface area contributed by atoms with Crippen molar-refractivity contribution in [3.63, 3.8) is 0 Å². The molecule has 0 saturated carbocycles. The van der Waals surface area contributed by atoms with Crippen molar-refractivity contribution in [2.75, 3.05) is 38.3 Å². The highest BCUT2D eigenvalue weighted by molar-refractivity contribution is 5.35. The first-order valence-electron chi connectivity index (χ1n) is 6.63. The first-order chi connectivity index (χ1) is 9.21. The summed E-state index contributed by atoms with van der Waals surface area (Å²) in [6.07, 6.45) is 1.71. The van der Waals surface area contributed by atoms with Crippen LogP contribution in [0.3, 0.4) is 0 Å². The second kappa shape index (κ2) is 4.94. The van der Waals surface area contributed by atoms with Gasteiger partial charge in [-0.15, -0.1) is 0 Å². The Morgan fingerprint density at radius 2 is 1.89 bits per heavy atom. The van der Waals surface area contributed by atoms with Gasteiger partial charge in [-0.05, 0) is 6.92 Å². The van der Waals surface area contributed by atoms with Crippen molar-refractivity contribution in [3.8, 4) is 5.88 Å². The molecule has 0 unspecified atom stereocenters. The van der Waals surface area contributed by atoms with Crippen molar-refractivity contribution in [2.45, 2.75) is 25.6 Å². The van der Waals surface area contributed by atoms with Crippen molar-refractivity contribution in [2.24, 2.45) is 0 Å². The normalized spacial score (nSPS) is 21.9. The lowest BCUT2D eigenvalue weighted by Crippen LogP contribution is -2.45. The lowest BCUT2D eigenvalue weighted by atomic mass is 10.0. The first-order valence-corrected chi connectivity index (χ1v) is 6.63. The molecule has 0 atom stereocenters. The van der Waals surface area contributed by atoms with Crippen LogP contribution in [0.4, 0.5) is 5.95 Å². The average Bonchev–Trinajstić information content (AvgIpc) is 2.87. The van der Waals surface area contributed by atoms with Crippen molar-refractivity contribution >= 4 is 5.95 Å².